The van der Waals surface area contributed by atoms with Crippen LogP contribution in [0.1, 0.15) is 37.4 Å². The fourth-order valence-electron chi connectivity index (χ4n) is 3.07. The van der Waals surface area contributed by atoms with Gasteiger partial charge in [0.1, 0.15) is 28.4 Å². The highest BCUT2D eigenvalue weighted by Crippen LogP contribution is 2.47. The van der Waals surface area contributed by atoms with Gasteiger partial charge in [-0.15, -0.1) is 0 Å². The number of methoxy groups -OCH3 is 2. The zero-order valence-electron chi connectivity index (χ0n) is 15.1. The molecule has 136 valence electrons. The highest BCUT2D eigenvalue weighted by Gasteiger charge is 2.32. The molecule has 0 bridgehead atoms. The van der Waals surface area contributed by atoms with Gasteiger partial charge in [0.05, 0.1) is 14.2 Å². The van der Waals surface area contributed by atoms with Gasteiger partial charge in [0.2, 0.25) is 0 Å². The second-order valence-electron chi connectivity index (χ2n) is 5.93. The van der Waals surface area contributed by atoms with Crippen molar-refractivity contribution in [2.75, 3.05) is 14.2 Å². The minimum Gasteiger partial charge on any atom is -0.496 e. The Morgan fingerprint density at radius 1 is 0.962 bits per heavy atom. The Kier molecular flexibility index (Phi) is 4.23. The summed E-state index contributed by atoms with van der Waals surface area (Å²) in [4.78, 5) is 24.3. The molecule has 26 heavy (non-hydrogen) atoms. The summed E-state index contributed by atoms with van der Waals surface area (Å²) in [6, 6.07) is 3.07. The number of carbonyl (C=O) groups excluding carboxylic acids is 1. The molecule has 0 saturated heterocycles. The number of carbonyl (C=O) groups is 2. The van der Waals surface area contributed by atoms with Gasteiger partial charge >= 0.3 is 11.9 Å². The van der Waals surface area contributed by atoms with Gasteiger partial charge in [0.25, 0.3) is 0 Å². The number of fused-ring (bicyclic) bond motifs is 2. The van der Waals surface area contributed by atoms with E-state index in [1.54, 1.807) is 26.8 Å². The Balaban J connectivity index is 2.32. The molecule has 2 aromatic carbocycles. The van der Waals surface area contributed by atoms with Crippen LogP contribution in [0.25, 0.3) is 0 Å². The average molecular weight is 358 g/mol. The summed E-state index contributed by atoms with van der Waals surface area (Å²) in [5, 5.41) is 9.51. The van der Waals surface area contributed by atoms with Crippen LogP contribution < -0.4 is 18.9 Å². The molecule has 0 saturated carbocycles. The largest absolute Gasteiger partial charge is 0.496 e. The van der Waals surface area contributed by atoms with Crippen LogP contribution in [0, 0.1) is 20.8 Å². The van der Waals surface area contributed by atoms with Gasteiger partial charge in [0, 0.05) is 17.2 Å². The van der Waals surface area contributed by atoms with E-state index in [2.05, 4.69) is 0 Å². The lowest BCUT2D eigenvalue weighted by molar-refractivity contribution is 0.0691. The quantitative estimate of drug-likeness (QED) is 0.661. The van der Waals surface area contributed by atoms with Gasteiger partial charge in [-0.2, -0.15) is 0 Å². The van der Waals surface area contributed by atoms with Gasteiger partial charge in [-0.25, -0.2) is 9.59 Å². The van der Waals surface area contributed by atoms with E-state index in [9.17, 15) is 14.7 Å². The van der Waals surface area contributed by atoms with Gasteiger partial charge in [-0.1, -0.05) is 0 Å². The number of rotatable bonds is 3. The molecule has 0 amide bonds. The molecule has 2 aromatic rings. The zero-order chi connectivity index (χ0) is 19.2. The van der Waals surface area contributed by atoms with Crippen LogP contribution in [0.4, 0.5) is 0 Å². The van der Waals surface area contributed by atoms with Gasteiger partial charge in [0.15, 0.2) is 11.5 Å². The maximum absolute atomic E-state index is 12.7. The standard InChI is InChI=1S/C19H18O7/c1-8-6-11(23-4)9(2)17-14(8)19(22)25-13-7-12(24-5)15(18(20)21)10(3)16(13)26-17/h6-7H,1-5H3,(H,20,21). The van der Waals surface area contributed by atoms with E-state index in [-0.39, 0.29) is 34.1 Å². The maximum atomic E-state index is 12.7. The van der Waals surface area contributed by atoms with E-state index in [0.717, 1.165) is 0 Å². The molecule has 7 heteroatoms. The predicted octanol–water partition coefficient (Wildman–Crippen LogP) is 3.65. The van der Waals surface area contributed by atoms with Crippen molar-refractivity contribution < 1.29 is 33.6 Å². The Labute approximate surface area is 150 Å². The predicted molar refractivity (Wildman–Crippen MR) is 92.2 cm³/mol. The lowest BCUT2D eigenvalue weighted by Gasteiger charge is -2.17. The van der Waals surface area contributed by atoms with Gasteiger partial charge in [-0.05, 0) is 32.4 Å². The van der Waals surface area contributed by atoms with Crippen molar-refractivity contribution in [3.63, 3.8) is 0 Å². The summed E-state index contributed by atoms with van der Waals surface area (Å²) in [5.41, 5.74) is 1.76. The molecule has 3 rings (SSSR count). The van der Waals surface area contributed by atoms with Crippen molar-refractivity contribution in [1.29, 1.82) is 0 Å². The lowest BCUT2D eigenvalue weighted by atomic mass is 10.0. The Morgan fingerprint density at radius 2 is 1.62 bits per heavy atom. The molecule has 0 aliphatic carbocycles. The van der Waals surface area contributed by atoms with Gasteiger partial charge in [-0.3, -0.25) is 0 Å². The molecular weight excluding hydrogens is 340 g/mol. The lowest BCUT2D eigenvalue weighted by Crippen LogP contribution is -2.10. The van der Waals surface area contributed by atoms with Crippen molar-refractivity contribution in [1.82, 2.24) is 0 Å². The summed E-state index contributed by atoms with van der Waals surface area (Å²) < 4.78 is 22.0. The summed E-state index contributed by atoms with van der Waals surface area (Å²) in [5.74, 6) is -0.569. The first kappa shape index (κ1) is 17.6. The fraction of sp³-hybridized carbons (Fsp3) is 0.263. The first-order valence-corrected chi connectivity index (χ1v) is 7.83. The topological polar surface area (TPSA) is 91.3 Å². The third-order valence-electron chi connectivity index (χ3n) is 4.39. The minimum absolute atomic E-state index is 0.0528. The zero-order valence-corrected chi connectivity index (χ0v) is 15.1. The van der Waals surface area contributed by atoms with Crippen LogP contribution in [0.3, 0.4) is 0 Å². The Morgan fingerprint density at radius 3 is 2.19 bits per heavy atom. The molecule has 0 atom stereocenters. The second-order valence-corrected chi connectivity index (χ2v) is 5.93. The van der Waals surface area contributed by atoms with E-state index < -0.39 is 11.9 Å². The summed E-state index contributed by atoms with van der Waals surface area (Å²) >= 11 is 0. The molecule has 1 aliphatic rings. The Bertz CT molecular complexity index is 944. The van der Waals surface area contributed by atoms with Crippen LogP contribution in [0.2, 0.25) is 0 Å². The molecule has 0 radical (unpaired) electrons. The van der Waals surface area contributed by atoms with E-state index in [1.165, 1.54) is 20.3 Å². The van der Waals surface area contributed by atoms with Crippen LogP contribution in [0.5, 0.6) is 28.7 Å². The van der Waals surface area contributed by atoms with Crippen LogP contribution in [-0.2, 0) is 0 Å². The third kappa shape index (κ3) is 2.52. The number of esters is 1. The summed E-state index contributed by atoms with van der Waals surface area (Å²) in [6.45, 7) is 5.08. The SMILES string of the molecule is COc1cc(C)c2c(c1C)Oc1c(cc(OC)c(C(=O)O)c1C)OC2=O. The maximum Gasteiger partial charge on any atom is 0.347 e. The average Bonchev–Trinajstić information content (AvgIpc) is 2.74. The number of benzene rings is 2. The Hall–Kier alpha value is -3.22. The van der Waals surface area contributed by atoms with E-state index >= 15 is 0 Å². The number of hydrogen-bond donors (Lipinski definition) is 1. The highest BCUT2D eigenvalue weighted by atomic mass is 16.6. The van der Waals surface area contributed by atoms with Crippen LogP contribution >= 0.6 is 0 Å². The van der Waals surface area contributed by atoms with E-state index in [4.69, 9.17) is 18.9 Å². The second kappa shape index (κ2) is 6.25. The first-order valence-electron chi connectivity index (χ1n) is 7.83. The normalized spacial score (nSPS) is 12.3. The third-order valence-corrected chi connectivity index (χ3v) is 4.39. The smallest absolute Gasteiger partial charge is 0.347 e. The fourth-order valence-corrected chi connectivity index (χ4v) is 3.07. The summed E-state index contributed by atoms with van der Waals surface area (Å²) in [7, 11) is 2.87. The highest BCUT2D eigenvalue weighted by molar-refractivity contribution is 5.99. The van der Waals surface area contributed by atoms with Crippen LogP contribution in [0.15, 0.2) is 12.1 Å². The number of aryl methyl sites for hydroxylation is 1. The van der Waals surface area contributed by atoms with Crippen LogP contribution in [-0.4, -0.2) is 31.3 Å². The summed E-state index contributed by atoms with van der Waals surface area (Å²) in [6.07, 6.45) is 0. The molecule has 1 N–H and O–H groups in total. The van der Waals surface area contributed by atoms with Gasteiger partial charge < -0.3 is 24.1 Å². The minimum atomic E-state index is -1.17. The van der Waals surface area contributed by atoms with E-state index in [1.807, 2.05) is 0 Å². The number of carboxylic acids is 1. The molecule has 7 nitrogen and oxygen atoms in total. The van der Waals surface area contributed by atoms with E-state index in [0.29, 0.717) is 22.4 Å². The molecule has 0 fully saturated rings. The first-order chi connectivity index (χ1) is 12.3. The number of aromatic carboxylic acids is 1. The number of carboxylic acid groups (broad SMARTS) is 1. The molecule has 1 aliphatic heterocycles. The monoisotopic (exact) mass is 358 g/mol. The molecule has 1 heterocycles. The molecule has 0 unspecified atom stereocenters. The number of ether oxygens (including phenoxy) is 4. The van der Waals surface area contributed by atoms with Crippen molar-refractivity contribution in [2.24, 2.45) is 0 Å². The number of hydrogen-bond acceptors (Lipinski definition) is 6. The van der Waals surface area contributed by atoms with Crippen molar-refractivity contribution in [3.05, 3.63) is 39.9 Å². The van der Waals surface area contributed by atoms with Crippen molar-refractivity contribution in [3.8, 4) is 28.7 Å². The molecule has 0 aromatic heterocycles. The van der Waals surface area contributed by atoms with Crippen molar-refractivity contribution >= 4 is 11.9 Å². The molecular formula is C19H18O7. The van der Waals surface area contributed by atoms with Crippen molar-refractivity contribution in [2.45, 2.75) is 20.8 Å². The molecule has 0 spiro atoms.